The van der Waals surface area contributed by atoms with Gasteiger partial charge in [-0.15, -0.1) is 13.2 Å². The highest BCUT2D eigenvalue weighted by Gasteiger charge is 2.31. The third kappa shape index (κ3) is 6.23. The number of nitrogens with one attached hydrogen (secondary N) is 2. The van der Waals surface area contributed by atoms with Crippen LogP contribution in [0.15, 0.2) is 83.9 Å². The van der Waals surface area contributed by atoms with Crippen molar-refractivity contribution >= 4 is 11.8 Å². The fourth-order valence-electron chi connectivity index (χ4n) is 3.41. The summed E-state index contributed by atoms with van der Waals surface area (Å²) in [4.78, 5) is 29.1. The number of imidazole rings is 1. The smallest absolute Gasteiger partial charge is 0.493 e. The van der Waals surface area contributed by atoms with E-state index in [1.807, 2.05) is 30.3 Å². The maximum atomic E-state index is 12.9. The number of hydrogen-bond donors (Lipinski definition) is 3. The van der Waals surface area contributed by atoms with Gasteiger partial charge >= 0.3 is 18.1 Å². The molecular formula is C24H20F3N5O4. The Labute approximate surface area is 202 Å². The van der Waals surface area contributed by atoms with Gasteiger partial charge in [0.05, 0.1) is 18.4 Å². The van der Waals surface area contributed by atoms with Crippen molar-refractivity contribution in [3.05, 3.63) is 101 Å². The van der Waals surface area contributed by atoms with E-state index < -0.39 is 29.7 Å². The predicted octanol–water partition coefficient (Wildman–Crippen LogP) is 4.01. The molecule has 2 heterocycles. The van der Waals surface area contributed by atoms with Crippen LogP contribution < -0.4 is 21.1 Å². The Bertz CT molecular complexity index is 1400. The molecule has 0 unspecified atom stereocenters. The summed E-state index contributed by atoms with van der Waals surface area (Å²) < 4.78 is 43.0. The molecular weight excluding hydrogens is 479 g/mol. The summed E-state index contributed by atoms with van der Waals surface area (Å²) in [7, 11) is 0. The van der Waals surface area contributed by atoms with Crippen LogP contribution in [0, 0.1) is 0 Å². The molecule has 0 aliphatic heterocycles. The van der Waals surface area contributed by atoms with Crippen molar-refractivity contribution in [1.29, 1.82) is 0 Å². The van der Waals surface area contributed by atoms with E-state index in [0.717, 1.165) is 22.3 Å². The lowest BCUT2D eigenvalue weighted by atomic mass is 10.2. The average Bonchev–Trinajstić information content (AvgIpc) is 3.11. The van der Waals surface area contributed by atoms with Crippen LogP contribution in [0.3, 0.4) is 0 Å². The van der Waals surface area contributed by atoms with Crippen molar-refractivity contribution in [2.24, 2.45) is 0 Å². The van der Waals surface area contributed by atoms with Crippen molar-refractivity contribution < 1.29 is 27.8 Å². The standard InChI is InChI=1S/C24H20F3N5O4/c25-24(26,27)36-19-8-6-18(7-9-19)32-21(33)15-31(23(32)35)14-17-10-11-28-20(12-17)30-22(34)29-13-16-4-2-1-3-5-16/h1-12,15,33H,13-14H2,(H2,28,29,30,34). The molecule has 0 aliphatic carbocycles. The molecule has 36 heavy (non-hydrogen) atoms. The summed E-state index contributed by atoms with van der Waals surface area (Å²) in [6.07, 6.45) is -2.18. The number of benzene rings is 2. The average molecular weight is 499 g/mol. The van der Waals surface area contributed by atoms with E-state index in [9.17, 15) is 27.9 Å². The highest BCUT2D eigenvalue weighted by molar-refractivity contribution is 5.88. The largest absolute Gasteiger partial charge is 0.573 e. The summed E-state index contributed by atoms with van der Waals surface area (Å²) in [6, 6.07) is 16.6. The molecule has 2 amide bonds. The molecule has 3 N–H and O–H groups in total. The van der Waals surface area contributed by atoms with Gasteiger partial charge in [0.25, 0.3) is 0 Å². The number of ether oxygens (including phenoxy) is 1. The third-order valence-corrected chi connectivity index (χ3v) is 4.98. The maximum Gasteiger partial charge on any atom is 0.573 e. The molecule has 0 saturated heterocycles. The molecule has 0 saturated carbocycles. The first-order valence-corrected chi connectivity index (χ1v) is 10.6. The van der Waals surface area contributed by atoms with Gasteiger partial charge in [0.1, 0.15) is 11.6 Å². The zero-order valence-electron chi connectivity index (χ0n) is 18.6. The molecule has 0 fully saturated rings. The number of nitrogens with zero attached hydrogens (tertiary/aromatic N) is 3. The van der Waals surface area contributed by atoms with Gasteiger partial charge in [-0.3, -0.25) is 9.88 Å². The SMILES string of the molecule is O=C(NCc1ccccc1)Nc1cc(Cn2cc(O)n(-c3ccc(OC(F)(F)F)cc3)c2=O)ccn1. The lowest BCUT2D eigenvalue weighted by Crippen LogP contribution is -2.28. The zero-order valence-corrected chi connectivity index (χ0v) is 18.6. The van der Waals surface area contributed by atoms with Crippen molar-refractivity contribution in [2.45, 2.75) is 19.5 Å². The van der Waals surface area contributed by atoms with E-state index >= 15 is 0 Å². The number of halogens is 3. The van der Waals surface area contributed by atoms with Crippen LogP contribution in [0.1, 0.15) is 11.1 Å². The molecule has 0 bridgehead atoms. The lowest BCUT2D eigenvalue weighted by Gasteiger charge is -2.09. The van der Waals surface area contributed by atoms with Crippen molar-refractivity contribution in [3.8, 4) is 17.3 Å². The molecule has 12 heteroatoms. The topological polar surface area (TPSA) is 110 Å². The van der Waals surface area contributed by atoms with Crippen molar-refractivity contribution in [3.63, 3.8) is 0 Å². The number of anilines is 1. The minimum Gasteiger partial charge on any atom is -0.493 e. The second kappa shape index (κ2) is 10.3. The molecule has 0 aliphatic rings. The highest BCUT2D eigenvalue weighted by atomic mass is 19.4. The predicted molar refractivity (Wildman–Crippen MR) is 124 cm³/mol. The first-order valence-electron chi connectivity index (χ1n) is 10.6. The van der Waals surface area contributed by atoms with Gasteiger partial charge in [0, 0.05) is 12.7 Å². The van der Waals surface area contributed by atoms with Gasteiger partial charge in [-0.1, -0.05) is 30.3 Å². The number of rotatable bonds is 7. The molecule has 9 nitrogen and oxygen atoms in total. The monoisotopic (exact) mass is 499 g/mol. The maximum absolute atomic E-state index is 12.9. The fraction of sp³-hybridized carbons (Fsp3) is 0.125. The molecule has 0 radical (unpaired) electrons. The summed E-state index contributed by atoms with van der Waals surface area (Å²) in [5.41, 5.74) is 1.07. The summed E-state index contributed by atoms with van der Waals surface area (Å²) in [5, 5.41) is 15.6. The molecule has 186 valence electrons. The summed E-state index contributed by atoms with van der Waals surface area (Å²) in [5.74, 6) is -0.602. The Morgan fingerprint density at radius 1 is 1.03 bits per heavy atom. The van der Waals surface area contributed by atoms with Gasteiger partial charge in [-0.05, 0) is 47.5 Å². The second-order valence-electron chi connectivity index (χ2n) is 7.62. The summed E-state index contributed by atoms with van der Waals surface area (Å²) in [6.45, 7) is 0.370. The number of pyridine rings is 1. The minimum atomic E-state index is -4.84. The number of hydrogen-bond acceptors (Lipinski definition) is 5. The number of amides is 2. The third-order valence-electron chi connectivity index (χ3n) is 4.98. The number of alkyl halides is 3. The number of aromatic hydroxyl groups is 1. The van der Waals surface area contributed by atoms with Gasteiger partial charge < -0.3 is 15.2 Å². The normalized spacial score (nSPS) is 11.2. The van der Waals surface area contributed by atoms with E-state index in [-0.39, 0.29) is 18.1 Å². The highest BCUT2D eigenvalue weighted by Crippen LogP contribution is 2.24. The number of aromatic nitrogens is 3. The van der Waals surface area contributed by atoms with E-state index in [0.29, 0.717) is 12.1 Å². The van der Waals surface area contributed by atoms with Crippen LogP contribution in [0.4, 0.5) is 23.8 Å². The molecule has 4 rings (SSSR count). The number of carbonyl (C=O) groups excluding carboxylic acids is 1. The van der Waals surface area contributed by atoms with Crippen molar-refractivity contribution in [2.75, 3.05) is 5.32 Å². The van der Waals surface area contributed by atoms with E-state index in [1.54, 1.807) is 12.1 Å². The zero-order chi connectivity index (χ0) is 25.7. The van der Waals surface area contributed by atoms with Crippen molar-refractivity contribution in [1.82, 2.24) is 19.4 Å². The Hall–Kier alpha value is -4.74. The number of carbonyl (C=O) groups is 1. The quantitative estimate of drug-likeness (QED) is 0.356. The Balaban J connectivity index is 1.44. The molecule has 0 atom stereocenters. The lowest BCUT2D eigenvalue weighted by molar-refractivity contribution is -0.274. The molecule has 2 aromatic heterocycles. The van der Waals surface area contributed by atoms with Crippen LogP contribution >= 0.6 is 0 Å². The van der Waals surface area contributed by atoms with E-state index in [4.69, 9.17) is 0 Å². The molecule has 2 aromatic carbocycles. The van der Waals surface area contributed by atoms with Gasteiger partial charge in [0.2, 0.25) is 5.88 Å². The van der Waals surface area contributed by atoms with E-state index in [2.05, 4.69) is 20.4 Å². The van der Waals surface area contributed by atoms with Crippen LogP contribution in [-0.2, 0) is 13.1 Å². The van der Waals surface area contributed by atoms with Crippen LogP contribution in [0.25, 0.3) is 5.69 Å². The number of urea groups is 1. The molecule has 0 spiro atoms. The Morgan fingerprint density at radius 3 is 2.44 bits per heavy atom. The first kappa shape index (κ1) is 24.4. The van der Waals surface area contributed by atoms with Gasteiger partial charge in [-0.25, -0.2) is 19.1 Å². The first-order chi connectivity index (χ1) is 17.2. The van der Waals surface area contributed by atoms with E-state index in [1.165, 1.54) is 29.1 Å². The van der Waals surface area contributed by atoms with Crippen LogP contribution in [0.2, 0.25) is 0 Å². The Morgan fingerprint density at radius 2 is 1.75 bits per heavy atom. The van der Waals surface area contributed by atoms with Gasteiger partial charge in [-0.2, -0.15) is 0 Å². The fourth-order valence-corrected chi connectivity index (χ4v) is 3.41. The second-order valence-corrected chi connectivity index (χ2v) is 7.62. The molecule has 4 aromatic rings. The minimum absolute atomic E-state index is 0.0392. The Kier molecular flexibility index (Phi) is 6.95. The van der Waals surface area contributed by atoms with Crippen LogP contribution in [0.5, 0.6) is 11.6 Å². The summed E-state index contributed by atoms with van der Waals surface area (Å²) >= 11 is 0. The van der Waals surface area contributed by atoms with Crippen LogP contribution in [-0.4, -0.2) is 31.6 Å². The van der Waals surface area contributed by atoms with Gasteiger partial charge in [0.15, 0.2) is 0 Å².